The van der Waals surface area contributed by atoms with Crippen molar-refractivity contribution in [3.63, 3.8) is 0 Å². The quantitative estimate of drug-likeness (QED) is 0.939. The van der Waals surface area contributed by atoms with Crippen molar-refractivity contribution in [3.8, 4) is 5.69 Å². The van der Waals surface area contributed by atoms with Gasteiger partial charge in [-0.2, -0.15) is 5.10 Å². The summed E-state index contributed by atoms with van der Waals surface area (Å²) in [6, 6.07) is 8.38. The summed E-state index contributed by atoms with van der Waals surface area (Å²) in [5, 5.41) is 8.68. The number of nitrogens with one attached hydrogen (secondary N) is 1. The third-order valence-electron chi connectivity index (χ3n) is 4.11. The summed E-state index contributed by atoms with van der Waals surface area (Å²) in [6.07, 6.45) is 6.02. The van der Waals surface area contributed by atoms with Crippen LogP contribution in [-0.2, 0) is 0 Å². The number of anilines is 1. The van der Waals surface area contributed by atoms with E-state index in [9.17, 15) is 0 Å². The molecule has 0 bridgehead atoms. The maximum atomic E-state index is 6.38. The molecule has 21 heavy (non-hydrogen) atoms. The first kappa shape index (κ1) is 14.4. The van der Waals surface area contributed by atoms with Gasteiger partial charge in [0, 0.05) is 31.5 Å². The van der Waals surface area contributed by atoms with E-state index in [0.717, 1.165) is 36.0 Å². The molecule has 2 heterocycles. The van der Waals surface area contributed by atoms with Crippen molar-refractivity contribution in [1.29, 1.82) is 0 Å². The molecular weight excluding hydrogens is 284 g/mol. The van der Waals surface area contributed by atoms with Gasteiger partial charge >= 0.3 is 0 Å². The monoisotopic (exact) mass is 304 g/mol. The summed E-state index contributed by atoms with van der Waals surface area (Å²) in [7, 11) is 0. The Bertz CT molecular complexity index is 574. The minimum absolute atomic E-state index is 0.501. The normalized spacial score (nSPS) is 17.0. The third-order valence-corrected chi connectivity index (χ3v) is 4.42. The van der Waals surface area contributed by atoms with E-state index >= 15 is 0 Å². The molecule has 0 unspecified atom stereocenters. The summed E-state index contributed by atoms with van der Waals surface area (Å²) in [4.78, 5) is 2.49. The van der Waals surface area contributed by atoms with Crippen LogP contribution in [-0.4, -0.2) is 40.4 Å². The van der Waals surface area contributed by atoms with Gasteiger partial charge in [0.2, 0.25) is 0 Å². The second-order valence-corrected chi connectivity index (χ2v) is 5.85. The van der Waals surface area contributed by atoms with Gasteiger partial charge in [0.15, 0.2) is 0 Å². The van der Waals surface area contributed by atoms with Crippen LogP contribution in [0, 0.1) is 0 Å². The van der Waals surface area contributed by atoms with Gasteiger partial charge in [-0.15, -0.1) is 0 Å². The van der Waals surface area contributed by atoms with Gasteiger partial charge < -0.3 is 10.2 Å². The van der Waals surface area contributed by atoms with Crippen LogP contribution in [0.2, 0.25) is 5.02 Å². The molecule has 0 aliphatic carbocycles. The highest BCUT2D eigenvalue weighted by molar-refractivity contribution is 6.33. The number of nitrogens with zero attached hydrogens (tertiary/aromatic N) is 3. The van der Waals surface area contributed by atoms with E-state index < -0.39 is 0 Å². The molecule has 4 nitrogen and oxygen atoms in total. The van der Waals surface area contributed by atoms with Crippen LogP contribution in [0.3, 0.4) is 0 Å². The lowest BCUT2D eigenvalue weighted by Crippen LogP contribution is -2.39. The first-order valence-electron chi connectivity index (χ1n) is 7.55. The number of likely N-dealkylation sites (tertiary alicyclic amines) is 1. The predicted octanol–water partition coefficient (Wildman–Crippen LogP) is 3.42. The zero-order valence-corrected chi connectivity index (χ0v) is 13.1. The van der Waals surface area contributed by atoms with Gasteiger partial charge in [0.25, 0.3) is 0 Å². The fourth-order valence-electron chi connectivity index (χ4n) is 2.88. The van der Waals surface area contributed by atoms with Crippen molar-refractivity contribution < 1.29 is 0 Å². The van der Waals surface area contributed by atoms with Crippen molar-refractivity contribution in [2.75, 3.05) is 25.0 Å². The minimum atomic E-state index is 0.501. The molecule has 1 fully saturated rings. The van der Waals surface area contributed by atoms with Crippen LogP contribution in [0.1, 0.15) is 19.8 Å². The Labute approximate surface area is 130 Å². The third kappa shape index (κ3) is 3.22. The smallest absolute Gasteiger partial charge is 0.106 e. The molecule has 112 valence electrons. The van der Waals surface area contributed by atoms with Crippen molar-refractivity contribution in [3.05, 3.63) is 41.7 Å². The fourth-order valence-corrected chi connectivity index (χ4v) is 3.14. The molecule has 1 N–H and O–H groups in total. The second kappa shape index (κ2) is 6.50. The summed E-state index contributed by atoms with van der Waals surface area (Å²) < 4.78 is 1.83. The molecule has 1 aromatic carbocycles. The number of aromatic nitrogens is 2. The standard InChI is InChI=1S/C16H21ClN4/c1-2-20-11-7-13(8-12-20)19-15-6-3-5-14(17)16(15)21-10-4-9-18-21/h3-6,9-10,13,19H,2,7-8,11-12H2,1H3. The molecule has 1 aliphatic heterocycles. The molecule has 1 saturated heterocycles. The molecule has 0 atom stereocenters. The molecule has 0 spiro atoms. The van der Waals surface area contributed by atoms with Crippen molar-refractivity contribution in [1.82, 2.24) is 14.7 Å². The van der Waals surface area contributed by atoms with E-state index in [1.165, 1.54) is 12.8 Å². The Kier molecular flexibility index (Phi) is 4.46. The number of halogens is 1. The lowest BCUT2D eigenvalue weighted by atomic mass is 10.0. The summed E-state index contributed by atoms with van der Waals surface area (Å²) in [5.41, 5.74) is 1.99. The van der Waals surface area contributed by atoms with Crippen LogP contribution >= 0.6 is 11.6 Å². The molecular formula is C16H21ClN4. The SMILES string of the molecule is CCN1CCC(Nc2cccc(Cl)c2-n2cccn2)CC1. The van der Waals surface area contributed by atoms with E-state index in [1.54, 1.807) is 6.20 Å². The fraction of sp³-hybridized carbons (Fsp3) is 0.438. The molecule has 1 aliphatic rings. The Hall–Kier alpha value is -1.52. The largest absolute Gasteiger partial charge is 0.380 e. The van der Waals surface area contributed by atoms with Gasteiger partial charge in [0.05, 0.1) is 10.7 Å². The summed E-state index contributed by atoms with van der Waals surface area (Å²) in [6.45, 7) is 5.68. The van der Waals surface area contributed by atoms with Gasteiger partial charge in [-0.25, -0.2) is 4.68 Å². The topological polar surface area (TPSA) is 33.1 Å². The number of rotatable bonds is 4. The Morgan fingerprint density at radius 2 is 2.10 bits per heavy atom. The number of hydrogen-bond acceptors (Lipinski definition) is 3. The lowest BCUT2D eigenvalue weighted by molar-refractivity contribution is 0.229. The average Bonchev–Trinajstić information content (AvgIpc) is 3.02. The van der Waals surface area contributed by atoms with E-state index in [2.05, 4.69) is 28.3 Å². The Morgan fingerprint density at radius 1 is 1.29 bits per heavy atom. The van der Waals surface area contributed by atoms with Gasteiger partial charge in [-0.1, -0.05) is 24.6 Å². The maximum absolute atomic E-state index is 6.38. The van der Waals surface area contributed by atoms with Crippen molar-refractivity contribution in [2.24, 2.45) is 0 Å². The van der Waals surface area contributed by atoms with E-state index in [4.69, 9.17) is 11.6 Å². The van der Waals surface area contributed by atoms with Crippen molar-refractivity contribution in [2.45, 2.75) is 25.8 Å². The van der Waals surface area contributed by atoms with Crippen LogP contribution in [0.15, 0.2) is 36.7 Å². The number of piperidine rings is 1. The Balaban J connectivity index is 1.79. The molecule has 1 aromatic heterocycles. The van der Waals surface area contributed by atoms with Crippen LogP contribution in [0.5, 0.6) is 0 Å². The zero-order chi connectivity index (χ0) is 14.7. The highest BCUT2D eigenvalue weighted by Crippen LogP contribution is 2.29. The van der Waals surface area contributed by atoms with E-state index in [1.807, 2.05) is 29.1 Å². The summed E-state index contributed by atoms with van der Waals surface area (Å²) >= 11 is 6.38. The maximum Gasteiger partial charge on any atom is 0.106 e. The number of benzene rings is 1. The van der Waals surface area contributed by atoms with E-state index in [0.29, 0.717) is 6.04 Å². The molecule has 5 heteroatoms. The minimum Gasteiger partial charge on any atom is -0.380 e. The molecule has 2 aromatic rings. The first-order valence-corrected chi connectivity index (χ1v) is 7.93. The lowest BCUT2D eigenvalue weighted by Gasteiger charge is -2.32. The van der Waals surface area contributed by atoms with Crippen LogP contribution in [0.4, 0.5) is 5.69 Å². The van der Waals surface area contributed by atoms with Crippen LogP contribution in [0.25, 0.3) is 5.69 Å². The molecule has 0 saturated carbocycles. The Morgan fingerprint density at radius 3 is 2.76 bits per heavy atom. The highest BCUT2D eigenvalue weighted by Gasteiger charge is 2.19. The molecule has 0 amide bonds. The second-order valence-electron chi connectivity index (χ2n) is 5.44. The average molecular weight is 305 g/mol. The van der Waals surface area contributed by atoms with Crippen molar-refractivity contribution >= 4 is 17.3 Å². The van der Waals surface area contributed by atoms with E-state index in [-0.39, 0.29) is 0 Å². The predicted molar refractivity (Wildman–Crippen MR) is 87.3 cm³/mol. The number of para-hydroxylation sites is 1. The van der Waals surface area contributed by atoms with Crippen LogP contribution < -0.4 is 5.32 Å². The number of hydrogen-bond donors (Lipinski definition) is 1. The van der Waals surface area contributed by atoms with Gasteiger partial charge in [-0.3, -0.25) is 0 Å². The molecule has 0 radical (unpaired) electrons. The molecule has 3 rings (SSSR count). The van der Waals surface area contributed by atoms with Gasteiger partial charge in [-0.05, 0) is 37.6 Å². The zero-order valence-electron chi connectivity index (χ0n) is 12.3. The first-order chi connectivity index (χ1) is 10.3. The highest BCUT2D eigenvalue weighted by atomic mass is 35.5. The van der Waals surface area contributed by atoms with Gasteiger partial charge in [0.1, 0.15) is 5.69 Å². The summed E-state index contributed by atoms with van der Waals surface area (Å²) in [5.74, 6) is 0.